The van der Waals surface area contributed by atoms with Crippen LogP contribution in [0.25, 0.3) is 0 Å². The van der Waals surface area contributed by atoms with Gasteiger partial charge in [-0.15, -0.1) is 0 Å². The van der Waals surface area contributed by atoms with Crippen LogP contribution in [0.1, 0.15) is 25.5 Å². The maximum Gasteiger partial charge on any atom is 0.228 e. The molecule has 1 aromatic rings. The third-order valence-corrected chi connectivity index (χ3v) is 3.03. The Morgan fingerprint density at radius 2 is 1.87 bits per heavy atom. The highest BCUT2D eigenvalue weighted by atomic mass is 16.5. The van der Waals surface area contributed by atoms with E-state index in [-0.39, 0.29) is 17.4 Å². The lowest BCUT2D eigenvalue weighted by Crippen LogP contribution is -2.57. The minimum atomic E-state index is -0.297. The molecule has 0 bridgehead atoms. The summed E-state index contributed by atoms with van der Waals surface area (Å²) in [5, 5.41) is 2.91. The molecule has 1 saturated heterocycles. The second-order valence-corrected chi connectivity index (χ2v) is 4.40. The molecule has 80 valence electrons. The van der Waals surface area contributed by atoms with E-state index in [1.165, 1.54) is 0 Å². The van der Waals surface area contributed by atoms with Crippen molar-refractivity contribution in [2.75, 3.05) is 7.11 Å². The average molecular weight is 205 g/mol. The summed E-state index contributed by atoms with van der Waals surface area (Å²) in [6.45, 7) is 3.92. The first kappa shape index (κ1) is 10.0. The van der Waals surface area contributed by atoms with Crippen LogP contribution in [-0.2, 0) is 4.79 Å². The van der Waals surface area contributed by atoms with E-state index in [0.717, 1.165) is 11.3 Å². The summed E-state index contributed by atoms with van der Waals surface area (Å²) in [5.41, 5.74) is 0.828. The molecule has 0 radical (unpaired) electrons. The molecule has 1 unspecified atom stereocenters. The molecule has 0 saturated carbocycles. The standard InChI is InChI=1S/C12H15NO2/c1-12(2)10(13-11(12)14)8-4-6-9(15-3)7-5-8/h4-7,10H,1-3H3,(H,13,14). The van der Waals surface area contributed by atoms with Crippen molar-refractivity contribution in [2.45, 2.75) is 19.9 Å². The van der Waals surface area contributed by atoms with E-state index in [1.807, 2.05) is 38.1 Å². The largest absolute Gasteiger partial charge is 0.497 e. The second kappa shape index (κ2) is 3.26. The van der Waals surface area contributed by atoms with Gasteiger partial charge >= 0.3 is 0 Å². The molecule has 3 nitrogen and oxygen atoms in total. The van der Waals surface area contributed by atoms with Gasteiger partial charge in [0.25, 0.3) is 0 Å². The van der Waals surface area contributed by atoms with Crippen molar-refractivity contribution in [1.82, 2.24) is 5.32 Å². The summed E-state index contributed by atoms with van der Waals surface area (Å²) >= 11 is 0. The highest BCUT2D eigenvalue weighted by Crippen LogP contribution is 2.41. The number of ether oxygens (including phenoxy) is 1. The molecule has 0 spiro atoms. The van der Waals surface area contributed by atoms with Crippen molar-refractivity contribution in [1.29, 1.82) is 0 Å². The summed E-state index contributed by atoms with van der Waals surface area (Å²) in [5.74, 6) is 0.950. The second-order valence-electron chi connectivity index (χ2n) is 4.40. The van der Waals surface area contributed by atoms with Gasteiger partial charge in [-0.05, 0) is 31.5 Å². The van der Waals surface area contributed by atoms with E-state index in [4.69, 9.17) is 4.74 Å². The number of carbonyl (C=O) groups is 1. The normalized spacial score (nSPS) is 22.9. The number of nitrogens with one attached hydrogen (secondary N) is 1. The lowest BCUT2D eigenvalue weighted by Gasteiger charge is -2.44. The highest BCUT2D eigenvalue weighted by Gasteiger charge is 2.47. The van der Waals surface area contributed by atoms with Crippen LogP contribution in [0.5, 0.6) is 5.75 Å². The number of amides is 1. The highest BCUT2D eigenvalue weighted by molar-refractivity contribution is 5.89. The van der Waals surface area contributed by atoms with Gasteiger partial charge < -0.3 is 10.1 Å². The lowest BCUT2D eigenvalue weighted by atomic mass is 9.73. The van der Waals surface area contributed by atoms with E-state index in [1.54, 1.807) is 7.11 Å². The average Bonchev–Trinajstić information content (AvgIpc) is 2.26. The molecule has 1 aliphatic heterocycles. The summed E-state index contributed by atoms with van der Waals surface area (Å²) in [4.78, 5) is 11.3. The molecule has 1 aliphatic rings. The van der Waals surface area contributed by atoms with E-state index in [0.29, 0.717) is 0 Å². The summed E-state index contributed by atoms with van der Waals surface area (Å²) in [6.07, 6.45) is 0. The van der Waals surface area contributed by atoms with Crippen molar-refractivity contribution in [3.8, 4) is 5.75 Å². The van der Waals surface area contributed by atoms with E-state index >= 15 is 0 Å². The van der Waals surface area contributed by atoms with Crippen LogP contribution in [0.15, 0.2) is 24.3 Å². The van der Waals surface area contributed by atoms with Crippen LogP contribution in [-0.4, -0.2) is 13.0 Å². The maximum atomic E-state index is 11.3. The van der Waals surface area contributed by atoms with Gasteiger partial charge in [-0.1, -0.05) is 12.1 Å². The molecule has 1 N–H and O–H groups in total. The Morgan fingerprint density at radius 3 is 2.27 bits per heavy atom. The van der Waals surface area contributed by atoms with Crippen LogP contribution < -0.4 is 10.1 Å². The van der Waals surface area contributed by atoms with Crippen LogP contribution in [0.4, 0.5) is 0 Å². The van der Waals surface area contributed by atoms with Gasteiger partial charge in [-0.3, -0.25) is 4.79 Å². The SMILES string of the molecule is COc1ccc(C2NC(=O)C2(C)C)cc1. The van der Waals surface area contributed by atoms with Gasteiger partial charge in [0.2, 0.25) is 5.91 Å². The molecule has 1 heterocycles. The summed E-state index contributed by atoms with van der Waals surface area (Å²) in [7, 11) is 1.64. The quantitative estimate of drug-likeness (QED) is 0.749. The fourth-order valence-corrected chi connectivity index (χ4v) is 1.85. The predicted molar refractivity (Wildman–Crippen MR) is 57.7 cm³/mol. The third-order valence-electron chi connectivity index (χ3n) is 3.03. The molecular formula is C12H15NO2. The van der Waals surface area contributed by atoms with Crippen LogP contribution >= 0.6 is 0 Å². The fourth-order valence-electron chi connectivity index (χ4n) is 1.85. The van der Waals surface area contributed by atoms with Gasteiger partial charge in [0.15, 0.2) is 0 Å². The first-order valence-electron chi connectivity index (χ1n) is 5.00. The van der Waals surface area contributed by atoms with Gasteiger partial charge in [-0.2, -0.15) is 0 Å². The van der Waals surface area contributed by atoms with Crippen LogP contribution in [0.3, 0.4) is 0 Å². The first-order valence-corrected chi connectivity index (χ1v) is 5.00. The van der Waals surface area contributed by atoms with Crippen molar-refractivity contribution >= 4 is 5.91 Å². The van der Waals surface area contributed by atoms with Gasteiger partial charge in [-0.25, -0.2) is 0 Å². The van der Waals surface area contributed by atoms with Crippen molar-refractivity contribution in [2.24, 2.45) is 5.41 Å². The zero-order valence-electron chi connectivity index (χ0n) is 9.20. The molecule has 3 heteroatoms. The lowest BCUT2D eigenvalue weighted by molar-refractivity contribution is -0.143. The Labute approximate surface area is 89.4 Å². The molecule has 1 aromatic carbocycles. The Hall–Kier alpha value is -1.51. The Kier molecular flexibility index (Phi) is 2.18. The van der Waals surface area contributed by atoms with Crippen molar-refractivity contribution in [3.63, 3.8) is 0 Å². The Morgan fingerprint density at radius 1 is 1.27 bits per heavy atom. The molecule has 1 atom stereocenters. The monoisotopic (exact) mass is 205 g/mol. The molecule has 0 aromatic heterocycles. The molecular weight excluding hydrogens is 190 g/mol. The van der Waals surface area contributed by atoms with Crippen molar-refractivity contribution in [3.05, 3.63) is 29.8 Å². The fraction of sp³-hybridized carbons (Fsp3) is 0.417. The topological polar surface area (TPSA) is 38.3 Å². The van der Waals surface area contributed by atoms with Gasteiger partial charge in [0.1, 0.15) is 5.75 Å². The Bertz CT molecular complexity index is 381. The molecule has 15 heavy (non-hydrogen) atoms. The summed E-state index contributed by atoms with van der Waals surface area (Å²) < 4.78 is 5.09. The molecule has 1 fully saturated rings. The van der Waals surface area contributed by atoms with E-state index in [2.05, 4.69) is 5.32 Å². The number of hydrogen-bond donors (Lipinski definition) is 1. The van der Waals surface area contributed by atoms with Crippen molar-refractivity contribution < 1.29 is 9.53 Å². The number of rotatable bonds is 2. The number of carbonyl (C=O) groups excluding carboxylic acids is 1. The molecule has 0 aliphatic carbocycles. The predicted octanol–water partition coefficient (Wildman–Crippen LogP) is 1.89. The van der Waals surface area contributed by atoms with Gasteiger partial charge in [0, 0.05) is 0 Å². The van der Waals surface area contributed by atoms with Crippen LogP contribution in [0.2, 0.25) is 0 Å². The zero-order chi connectivity index (χ0) is 11.1. The summed E-state index contributed by atoms with van der Waals surface area (Å²) in [6, 6.07) is 7.93. The third kappa shape index (κ3) is 1.48. The molecule has 1 amide bonds. The van der Waals surface area contributed by atoms with E-state index < -0.39 is 0 Å². The number of hydrogen-bond acceptors (Lipinski definition) is 2. The Balaban J connectivity index is 2.21. The van der Waals surface area contributed by atoms with E-state index in [9.17, 15) is 4.79 Å². The molecule has 2 rings (SSSR count). The smallest absolute Gasteiger partial charge is 0.228 e. The number of methoxy groups -OCH3 is 1. The minimum Gasteiger partial charge on any atom is -0.497 e. The number of β-lactam (4-membered cyclic amide) rings is 1. The number of benzene rings is 1. The van der Waals surface area contributed by atoms with Crippen LogP contribution in [0, 0.1) is 5.41 Å². The zero-order valence-corrected chi connectivity index (χ0v) is 9.20. The first-order chi connectivity index (χ1) is 7.05. The maximum absolute atomic E-state index is 11.3. The van der Waals surface area contributed by atoms with Gasteiger partial charge in [0.05, 0.1) is 18.6 Å². The minimum absolute atomic E-state index is 0.114.